The lowest BCUT2D eigenvalue weighted by molar-refractivity contribution is 0.327. The highest BCUT2D eigenvalue weighted by atomic mass is 16.5. The molecule has 1 aromatic rings. The quantitative estimate of drug-likeness (QED) is 0.318. The predicted octanol–water partition coefficient (Wildman–Crippen LogP) is 5.19. The van der Waals surface area contributed by atoms with Gasteiger partial charge in [-0.2, -0.15) is 10.1 Å². The number of aromatic nitrogens is 1. The first-order chi connectivity index (χ1) is 12.5. The van der Waals surface area contributed by atoms with Crippen LogP contribution >= 0.6 is 0 Å². The molecule has 0 unspecified atom stereocenters. The Kier molecular flexibility index (Phi) is 9.83. The van der Waals surface area contributed by atoms with Crippen LogP contribution in [0.25, 0.3) is 0 Å². The lowest BCUT2D eigenvalue weighted by atomic mass is 10.2. The topological polar surface area (TPSA) is 49.8 Å². The van der Waals surface area contributed by atoms with Gasteiger partial charge in [-0.1, -0.05) is 44.7 Å². The summed E-state index contributed by atoms with van der Waals surface area (Å²) in [5, 5.41) is 4.27. The van der Waals surface area contributed by atoms with Gasteiger partial charge in [-0.3, -0.25) is 5.43 Å². The third-order valence-corrected chi connectivity index (χ3v) is 3.47. The molecule has 0 aliphatic rings. The summed E-state index contributed by atoms with van der Waals surface area (Å²) in [6, 6.07) is 3.99. The fraction of sp³-hybridized carbons (Fsp3) is 0.429. The van der Waals surface area contributed by atoms with Gasteiger partial charge >= 0.3 is 0 Å². The predicted molar refractivity (Wildman–Crippen MR) is 113 cm³/mol. The third-order valence-electron chi connectivity index (χ3n) is 3.47. The minimum Gasteiger partial charge on any atom is -0.478 e. The second-order valence-corrected chi connectivity index (χ2v) is 6.03. The average molecular weight is 357 g/mol. The molecule has 1 heterocycles. The van der Waals surface area contributed by atoms with Crippen LogP contribution < -0.4 is 15.1 Å². The van der Waals surface area contributed by atoms with E-state index >= 15 is 0 Å². The van der Waals surface area contributed by atoms with Crippen molar-refractivity contribution in [3.8, 4) is 5.88 Å². The van der Waals surface area contributed by atoms with Crippen LogP contribution in [0.2, 0.25) is 0 Å². The van der Waals surface area contributed by atoms with Crippen molar-refractivity contribution in [2.45, 2.75) is 40.5 Å². The molecule has 142 valence electrons. The summed E-state index contributed by atoms with van der Waals surface area (Å²) < 4.78 is 5.63. The Labute approximate surface area is 158 Å². The van der Waals surface area contributed by atoms with Crippen molar-refractivity contribution in [3.63, 3.8) is 0 Å². The largest absolute Gasteiger partial charge is 0.478 e. The van der Waals surface area contributed by atoms with Crippen LogP contribution in [0.4, 0.5) is 11.5 Å². The van der Waals surface area contributed by atoms with E-state index in [9.17, 15) is 0 Å². The minimum absolute atomic E-state index is 0.572. The highest BCUT2D eigenvalue weighted by Crippen LogP contribution is 2.24. The molecular formula is C21H32N4O. The number of pyridine rings is 1. The van der Waals surface area contributed by atoms with E-state index in [0.717, 1.165) is 42.8 Å². The van der Waals surface area contributed by atoms with Crippen molar-refractivity contribution in [3.05, 3.63) is 48.6 Å². The fourth-order valence-corrected chi connectivity index (χ4v) is 2.47. The van der Waals surface area contributed by atoms with Crippen molar-refractivity contribution < 1.29 is 4.74 Å². The Morgan fingerprint density at radius 3 is 2.50 bits per heavy atom. The fourth-order valence-electron chi connectivity index (χ4n) is 2.47. The molecule has 5 heteroatoms. The Morgan fingerprint density at radius 1 is 1.27 bits per heavy atom. The highest BCUT2D eigenvalue weighted by Gasteiger charge is 2.09. The van der Waals surface area contributed by atoms with Crippen LogP contribution in [0, 0.1) is 0 Å². The van der Waals surface area contributed by atoms with Gasteiger partial charge in [0, 0.05) is 30.9 Å². The average Bonchev–Trinajstić information content (AvgIpc) is 2.60. The second kappa shape index (κ2) is 11.9. The SMILES string of the molecule is C=CC(/C=N/Nc1cc(N(CCC)CCC)cc(OCC)n1)=C\C(=C)C. The molecule has 0 aliphatic heterocycles. The molecule has 0 aromatic carbocycles. The summed E-state index contributed by atoms with van der Waals surface area (Å²) in [4.78, 5) is 6.82. The molecule has 0 aliphatic carbocycles. The smallest absolute Gasteiger partial charge is 0.217 e. The molecule has 0 radical (unpaired) electrons. The van der Waals surface area contributed by atoms with Crippen LogP contribution in [0.5, 0.6) is 5.88 Å². The van der Waals surface area contributed by atoms with Crippen molar-refractivity contribution >= 4 is 17.7 Å². The van der Waals surface area contributed by atoms with Gasteiger partial charge in [-0.15, -0.1) is 0 Å². The Morgan fingerprint density at radius 2 is 1.96 bits per heavy atom. The van der Waals surface area contributed by atoms with Gasteiger partial charge in [0.1, 0.15) is 0 Å². The van der Waals surface area contributed by atoms with Gasteiger partial charge in [-0.05, 0) is 32.3 Å². The molecule has 26 heavy (non-hydrogen) atoms. The van der Waals surface area contributed by atoms with E-state index in [1.54, 1.807) is 12.3 Å². The Hall–Kier alpha value is -2.56. The van der Waals surface area contributed by atoms with E-state index in [0.29, 0.717) is 18.3 Å². The molecule has 0 fully saturated rings. The van der Waals surface area contributed by atoms with Crippen molar-refractivity contribution in [2.75, 3.05) is 30.0 Å². The van der Waals surface area contributed by atoms with Gasteiger partial charge in [0.05, 0.1) is 12.8 Å². The summed E-state index contributed by atoms with van der Waals surface area (Å²) in [6.45, 7) is 18.5. The van der Waals surface area contributed by atoms with Gasteiger partial charge < -0.3 is 9.64 Å². The maximum atomic E-state index is 5.63. The van der Waals surface area contributed by atoms with Crippen LogP contribution in [-0.2, 0) is 0 Å². The first-order valence-corrected chi connectivity index (χ1v) is 9.22. The van der Waals surface area contributed by atoms with Crippen LogP contribution in [0.1, 0.15) is 40.5 Å². The molecule has 0 spiro atoms. The zero-order chi connectivity index (χ0) is 19.4. The van der Waals surface area contributed by atoms with Crippen molar-refractivity contribution in [1.82, 2.24) is 4.98 Å². The summed E-state index contributed by atoms with van der Waals surface area (Å²) in [6.07, 6.45) is 7.52. The summed E-state index contributed by atoms with van der Waals surface area (Å²) >= 11 is 0. The molecule has 1 rings (SSSR count). The molecule has 1 N–H and O–H groups in total. The molecule has 0 saturated heterocycles. The summed E-state index contributed by atoms with van der Waals surface area (Å²) in [5.74, 6) is 1.25. The maximum Gasteiger partial charge on any atom is 0.217 e. The molecule has 1 aromatic heterocycles. The first kappa shape index (κ1) is 21.5. The van der Waals surface area contributed by atoms with E-state index < -0.39 is 0 Å². The number of anilines is 2. The number of allylic oxidation sites excluding steroid dienone is 4. The normalized spacial score (nSPS) is 11.5. The molecule has 5 nitrogen and oxygen atoms in total. The Balaban J connectivity index is 3.05. The number of rotatable bonds is 12. The minimum atomic E-state index is 0.572. The van der Waals surface area contributed by atoms with Crippen LogP contribution in [0.15, 0.2) is 53.7 Å². The standard InChI is InChI=1S/C21H32N4O/c1-7-11-25(12-8-2)19-14-20(23-21(15-19)26-10-4)24-22-16-18(9-3)13-17(5)6/h9,13-16H,3,5,7-8,10-12H2,1-2,4,6H3,(H,23,24)/b18-13+,22-16+. The van der Waals surface area contributed by atoms with E-state index in [1.807, 2.05) is 32.1 Å². The van der Waals surface area contributed by atoms with Gasteiger partial charge in [0.2, 0.25) is 5.88 Å². The van der Waals surface area contributed by atoms with Gasteiger partial charge in [0.25, 0.3) is 0 Å². The highest BCUT2D eigenvalue weighted by molar-refractivity contribution is 5.83. The molecule has 0 bridgehead atoms. The maximum absolute atomic E-state index is 5.63. The molecule has 0 atom stereocenters. The summed E-state index contributed by atoms with van der Waals surface area (Å²) in [5.41, 5.74) is 5.91. The van der Waals surface area contributed by atoms with Crippen LogP contribution in [0.3, 0.4) is 0 Å². The number of hydrogen-bond acceptors (Lipinski definition) is 5. The van der Waals surface area contributed by atoms with E-state index in [1.165, 1.54) is 0 Å². The zero-order valence-corrected chi connectivity index (χ0v) is 16.6. The summed E-state index contributed by atoms with van der Waals surface area (Å²) in [7, 11) is 0. The van der Waals surface area contributed by atoms with E-state index in [4.69, 9.17) is 4.74 Å². The number of hydrogen-bond donors (Lipinski definition) is 1. The van der Waals surface area contributed by atoms with Gasteiger partial charge in [0.15, 0.2) is 5.82 Å². The third kappa shape index (κ3) is 7.55. The monoisotopic (exact) mass is 356 g/mol. The van der Waals surface area contributed by atoms with Crippen molar-refractivity contribution in [2.24, 2.45) is 5.10 Å². The number of ether oxygens (including phenoxy) is 1. The lowest BCUT2D eigenvalue weighted by Crippen LogP contribution is -2.25. The van der Waals surface area contributed by atoms with Crippen LogP contribution in [-0.4, -0.2) is 30.9 Å². The Bertz CT molecular complexity index is 643. The zero-order valence-electron chi connectivity index (χ0n) is 16.6. The number of nitrogens with one attached hydrogen (secondary N) is 1. The molecule has 0 amide bonds. The number of nitrogens with zero attached hydrogens (tertiary/aromatic N) is 3. The first-order valence-electron chi connectivity index (χ1n) is 9.22. The lowest BCUT2D eigenvalue weighted by Gasteiger charge is -2.24. The molecular weight excluding hydrogens is 324 g/mol. The van der Waals surface area contributed by atoms with Gasteiger partial charge in [-0.25, -0.2) is 0 Å². The number of hydrazone groups is 1. The van der Waals surface area contributed by atoms with Crippen molar-refractivity contribution in [1.29, 1.82) is 0 Å². The second-order valence-electron chi connectivity index (χ2n) is 6.03. The van der Waals surface area contributed by atoms with E-state index in [2.05, 4.69) is 47.4 Å². The molecule has 0 saturated carbocycles. The van der Waals surface area contributed by atoms with E-state index in [-0.39, 0.29) is 0 Å².